The number of carbonyl (C=O) groups is 1. The number of thiophene rings is 1. The number of hydrogen-bond donors (Lipinski definition) is 0. The topological polar surface area (TPSA) is 86.6 Å². The van der Waals surface area contributed by atoms with Crippen LogP contribution in [0.2, 0.25) is 0 Å². The van der Waals surface area contributed by atoms with Crippen LogP contribution in [-0.4, -0.2) is 57.2 Å². The second-order valence-electron chi connectivity index (χ2n) is 9.46. The van der Waals surface area contributed by atoms with Crippen LogP contribution in [0.1, 0.15) is 50.4 Å². The van der Waals surface area contributed by atoms with E-state index in [-0.39, 0.29) is 29.5 Å². The lowest BCUT2D eigenvalue weighted by Gasteiger charge is -2.33. The highest BCUT2D eigenvalue weighted by Crippen LogP contribution is 2.41. The van der Waals surface area contributed by atoms with E-state index in [4.69, 9.17) is 14.5 Å². The molecule has 5 heterocycles. The van der Waals surface area contributed by atoms with Crippen LogP contribution in [0.5, 0.6) is 0 Å². The van der Waals surface area contributed by atoms with Gasteiger partial charge in [0.2, 0.25) is 5.91 Å². The molecule has 32 heavy (non-hydrogen) atoms. The molecular weight excluding hydrogens is 428 g/mol. The minimum Gasteiger partial charge on any atom is -0.378 e. The summed E-state index contributed by atoms with van der Waals surface area (Å²) in [6.07, 6.45) is 2.25. The Balaban J connectivity index is 1.63. The van der Waals surface area contributed by atoms with E-state index in [2.05, 4.69) is 32.7 Å². The van der Waals surface area contributed by atoms with Crippen molar-refractivity contribution in [2.24, 2.45) is 0 Å². The summed E-state index contributed by atoms with van der Waals surface area (Å²) in [4.78, 5) is 38.2. The monoisotopic (exact) mass is 456 g/mol. The standard InChI is InChI=1S/C23H28N4O4S/c1-13(2)18-15-11-31-23(3,4)9-14(15)17-19-20(32-21(17)25-18)22(29)27(12-24-19)10-16(28)26-5-7-30-8-6-26/h12-13H,5-11H2,1-4H3. The Bertz CT molecular complexity index is 1270. The van der Waals surface area contributed by atoms with Gasteiger partial charge in [-0.2, -0.15) is 0 Å². The summed E-state index contributed by atoms with van der Waals surface area (Å²) in [5, 5.41) is 0.963. The van der Waals surface area contributed by atoms with Gasteiger partial charge in [-0.05, 0) is 25.3 Å². The largest absolute Gasteiger partial charge is 0.378 e. The van der Waals surface area contributed by atoms with Gasteiger partial charge in [0.25, 0.3) is 5.56 Å². The zero-order chi connectivity index (χ0) is 22.6. The van der Waals surface area contributed by atoms with E-state index < -0.39 is 0 Å². The van der Waals surface area contributed by atoms with Crippen LogP contribution >= 0.6 is 11.3 Å². The molecule has 0 atom stereocenters. The third-order valence-electron chi connectivity index (χ3n) is 6.27. The summed E-state index contributed by atoms with van der Waals surface area (Å²) >= 11 is 1.38. The number of pyridine rings is 1. The van der Waals surface area contributed by atoms with Crippen LogP contribution in [0.3, 0.4) is 0 Å². The SMILES string of the molecule is CC(C)c1nc2sc3c(=O)n(CC(=O)N4CCOCC4)cnc3c2c2c1COC(C)(C)C2. The minimum absolute atomic E-state index is 0.0142. The van der Waals surface area contributed by atoms with Crippen LogP contribution in [0.4, 0.5) is 0 Å². The van der Waals surface area contributed by atoms with Gasteiger partial charge < -0.3 is 14.4 Å². The number of nitrogens with zero attached hydrogens (tertiary/aromatic N) is 4. The van der Waals surface area contributed by atoms with E-state index in [1.807, 2.05) is 0 Å². The molecule has 0 N–H and O–H groups in total. The van der Waals surface area contributed by atoms with E-state index in [1.54, 1.807) is 4.90 Å². The summed E-state index contributed by atoms with van der Waals surface area (Å²) in [5.74, 6) is 0.160. The molecule has 0 spiro atoms. The zero-order valence-corrected chi connectivity index (χ0v) is 19.8. The van der Waals surface area contributed by atoms with Crippen LogP contribution < -0.4 is 5.56 Å². The van der Waals surface area contributed by atoms with Crippen molar-refractivity contribution in [3.05, 3.63) is 33.5 Å². The Kier molecular flexibility index (Phi) is 5.30. The average Bonchev–Trinajstić information content (AvgIpc) is 3.14. The summed E-state index contributed by atoms with van der Waals surface area (Å²) in [7, 11) is 0. The van der Waals surface area contributed by atoms with Crippen LogP contribution in [0, 0.1) is 0 Å². The van der Waals surface area contributed by atoms with Crippen molar-refractivity contribution in [2.75, 3.05) is 26.3 Å². The van der Waals surface area contributed by atoms with Gasteiger partial charge in [-0.15, -0.1) is 11.3 Å². The van der Waals surface area contributed by atoms with E-state index in [1.165, 1.54) is 27.8 Å². The molecular formula is C23H28N4O4S. The molecule has 0 saturated carbocycles. The lowest BCUT2D eigenvalue weighted by molar-refractivity contribution is -0.135. The number of fused-ring (bicyclic) bond motifs is 5. The molecule has 170 valence electrons. The molecule has 0 unspecified atom stereocenters. The van der Waals surface area contributed by atoms with E-state index in [0.29, 0.717) is 43.1 Å². The van der Waals surface area contributed by atoms with Crippen molar-refractivity contribution in [3.8, 4) is 0 Å². The summed E-state index contributed by atoms with van der Waals surface area (Å²) in [5.41, 5.74) is 3.55. The highest BCUT2D eigenvalue weighted by Gasteiger charge is 2.32. The van der Waals surface area contributed by atoms with Gasteiger partial charge in [-0.3, -0.25) is 14.2 Å². The first kappa shape index (κ1) is 21.5. The normalized spacial score (nSPS) is 18.5. The molecule has 8 nitrogen and oxygen atoms in total. The van der Waals surface area contributed by atoms with Gasteiger partial charge in [0, 0.05) is 30.5 Å². The third-order valence-corrected chi connectivity index (χ3v) is 7.33. The molecule has 1 amide bonds. The molecule has 0 bridgehead atoms. The van der Waals surface area contributed by atoms with E-state index in [0.717, 1.165) is 27.9 Å². The van der Waals surface area contributed by atoms with E-state index in [9.17, 15) is 9.59 Å². The van der Waals surface area contributed by atoms with Crippen LogP contribution in [0.15, 0.2) is 11.1 Å². The number of aromatic nitrogens is 3. The molecule has 2 aliphatic heterocycles. The number of ether oxygens (including phenoxy) is 2. The quantitative estimate of drug-likeness (QED) is 0.602. The maximum Gasteiger partial charge on any atom is 0.271 e. The second kappa shape index (κ2) is 7.90. The summed E-state index contributed by atoms with van der Waals surface area (Å²) in [6.45, 7) is 11.1. The van der Waals surface area contributed by atoms with Crippen molar-refractivity contribution in [3.63, 3.8) is 0 Å². The Labute approximate surface area is 190 Å². The molecule has 0 radical (unpaired) electrons. The van der Waals surface area contributed by atoms with Gasteiger partial charge >= 0.3 is 0 Å². The fraction of sp³-hybridized carbons (Fsp3) is 0.565. The first-order valence-corrected chi connectivity index (χ1v) is 11.9. The predicted molar refractivity (Wildman–Crippen MR) is 123 cm³/mol. The van der Waals surface area contributed by atoms with Crippen molar-refractivity contribution in [2.45, 2.75) is 58.8 Å². The van der Waals surface area contributed by atoms with Crippen molar-refractivity contribution >= 4 is 37.7 Å². The Morgan fingerprint density at radius 3 is 2.72 bits per heavy atom. The highest BCUT2D eigenvalue weighted by atomic mass is 32.1. The Hall–Kier alpha value is -2.36. The first-order valence-electron chi connectivity index (χ1n) is 11.1. The molecule has 1 fully saturated rings. The third kappa shape index (κ3) is 3.62. The molecule has 1 saturated heterocycles. The lowest BCUT2D eigenvalue weighted by atomic mass is 9.87. The summed E-state index contributed by atoms with van der Waals surface area (Å²) < 4.78 is 13.4. The van der Waals surface area contributed by atoms with Crippen molar-refractivity contribution < 1.29 is 14.3 Å². The van der Waals surface area contributed by atoms with Gasteiger partial charge in [-0.1, -0.05) is 13.8 Å². The smallest absolute Gasteiger partial charge is 0.271 e. The van der Waals surface area contributed by atoms with Gasteiger partial charge in [-0.25, -0.2) is 9.97 Å². The molecule has 3 aromatic rings. The van der Waals surface area contributed by atoms with Crippen LogP contribution in [0.25, 0.3) is 20.4 Å². The number of hydrogen-bond acceptors (Lipinski definition) is 7. The first-order chi connectivity index (χ1) is 15.2. The number of rotatable bonds is 3. The molecule has 3 aromatic heterocycles. The maximum absolute atomic E-state index is 13.3. The molecule has 0 aliphatic carbocycles. The van der Waals surface area contributed by atoms with E-state index >= 15 is 0 Å². The fourth-order valence-corrected chi connectivity index (χ4v) is 5.69. The van der Waals surface area contributed by atoms with Crippen molar-refractivity contribution in [1.29, 1.82) is 0 Å². The fourth-order valence-electron chi connectivity index (χ4n) is 4.57. The van der Waals surface area contributed by atoms with Gasteiger partial charge in [0.05, 0.1) is 43.0 Å². The minimum atomic E-state index is -0.288. The molecule has 2 aliphatic rings. The van der Waals surface area contributed by atoms with Crippen molar-refractivity contribution in [1.82, 2.24) is 19.4 Å². The lowest BCUT2D eigenvalue weighted by Crippen LogP contribution is -2.43. The predicted octanol–water partition coefficient (Wildman–Crippen LogP) is 2.84. The number of carbonyl (C=O) groups excluding carboxylic acids is 1. The summed E-state index contributed by atoms with van der Waals surface area (Å²) in [6, 6.07) is 0. The highest BCUT2D eigenvalue weighted by molar-refractivity contribution is 7.25. The maximum atomic E-state index is 13.3. The second-order valence-corrected chi connectivity index (χ2v) is 10.5. The Morgan fingerprint density at radius 2 is 2.00 bits per heavy atom. The number of amides is 1. The molecule has 9 heteroatoms. The van der Waals surface area contributed by atoms with Gasteiger partial charge in [0.1, 0.15) is 16.1 Å². The van der Waals surface area contributed by atoms with Gasteiger partial charge in [0.15, 0.2) is 0 Å². The molecule has 0 aromatic carbocycles. The average molecular weight is 457 g/mol. The Morgan fingerprint density at radius 1 is 1.25 bits per heavy atom. The van der Waals surface area contributed by atoms with Crippen LogP contribution in [-0.2, 0) is 33.8 Å². The number of morpholine rings is 1. The molecule has 5 rings (SSSR count). The zero-order valence-electron chi connectivity index (χ0n) is 18.9.